The highest BCUT2D eigenvalue weighted by Gasteiger charge is 2.19. The van der Waals surface area contributed by atoms with Gasteiger partial charge in [-0.25, -0.2) is 4.98 Å². The van der Waals surface area contributed by atoms with Crippen LogP contribution in [-0.4, -0.2) is 15.5 Å². The molecular formula is C17H19N3O. The molecule has 21 heavy (non-hydrogen) atoms. The third-order valence-electron chi connectivity index (χ3n) is 3.09. The summed E-state index contributed by atoms with van der Waals surface area (Å²) in [4.78, 5) is 16.4. The summed E-state index contributed by atoms with van der Waals surface area (Å²) in [6.45, 7) is 1.91. The number of aryl methyl sites for hydroxylation is 1. The fourth-order valence-corrected chi connectivity index (χ4v) is 2.04. The lowest BCUT2D eigenvalue weighted by molar-refractivity contribution is -0.117. The van der Waals surface area contributed by atoms with Crippen LogP contribution < -0.4 is 5.32 Å². The Kier molecular flexibility index (Phi) is 5.10. The average molecular weight is 281 g/mol. The minimum absolute atomic E-state index is 0.148. The van der Waals surface area contributed by atoms with Crippen LogP contribution in [-0.2, 0) is 11.8 Å². The molecule has 1 heterocycles. The van der Waals surface area contributed by atoms with Crippen LogP contribution in [0.5, 0.6) is 0 Å². The molecule has 1 amide bonds. The molecule has 0 aliphatic carbocycles. The normalized spacial score (nSPS) is 12.9. The first kappa shape index (κ1) is 14.8. The molecule has 1 atom stereocenters. The second kappa shape index (κ2) is 7.24. The van der Waals surface area contributed by atoms with Crippen molar-refractivity contribution in [3.05, 3.63) is 78.4 Å². The molecule has 2 rings (SSSR count). The van der Waals surface area contributed by atoms with Gasteiger partial charge in [-0.2, -0.15) is 0 Å². The van der Waals surface area contributed by atoms with E-state index in [4.69, 9.17) is 0 Å². The zero-order valence-corrected chi connectivity index (χ0v) is 12.2. The molecule has 1 aromatic carbocycles. The van der Waals surface area contributed by atoms with Crippen molar-refractivity contribution in [3.8, 4) is 0 Å². The highest BCUT2D eigenvalue weighted by molar-refractivity contribution is 5.88. The van der Waals surface area contributed by atoms with E-state index in [-0.39, 0.29) is 11.9 Å². The number of carbonyl (C=O) groups is 1. The Hall–Kier alpha value is -2.62. The maximum absolute atomic E-state index is 12.0. The van der Waals surface area contributed by atoms with E-state index >= 15 is 0 Å². The van der Waals surface area contributed by atoms with Crippen LogP contribution in [0.1, 0.15) is 24.4 Å². The molecule has 0 bridgehead atoms. The van der Waals surface area contributed by atoms with Crippen LogP contribution in [0.25, 0.3) is 0 Å². The van der Waals surface area contributed by atoms with Gasteiger partial charge in [0.2, 0.25) is 5.91 Å². The lowest BCUT2D eigenvalue weighted by Crippen LogP contribution is -2.29. The number of nitrogens with zero attached hydrogens (tertiary/aromatic N) is 2. The molecule has 2 aromatic rings. The monoisotopic (exact) mass is 281 g/mol. The van der Waals surface area contributed by atoms with Crippen LogP contribution in [0, 0.1) is 0 Å². The van der Waals surface area contributed by atoms with Gasteiger partial charge in [0.15, 0.2) is 0 Å². The summed E-state index contributed by atoms with van der Waals surface area (Å²) in [6.07, 6.45) is 10.5. The molecule has 0 aliphatic rings. The van der Waals surface area contributed by atoms with Gasteiger partial charge < -0.3 is 9.88 Å². The molecule has 4 heteroatoms. The van der Waals surface area contributed by atoms with E-state index < -0.39 is 0 Å². The number of hydrogen-bond donors (Lipinski definition) is 1. The van der Waals surface area contributed by atoms with E-state index in [0.717, 1.165) is 11.4 Å². The van der Waals surface area contributed by atoms with Gasteiger partial charge in [0.1, 0.15) is 11.9 Å². The Balaban J connectivity index is 2.26. The first-order chi connectivity index (χ1) is 10.2. The average Bonchev–Trinajstić information content (AvgIpc) is 2.92. The van der Waals surface area contributed by atoms with Gasteiger partial charge in [0.25, 0.3) is 0 Å². The number of amides is 1. The fraction of sp³-hybridized carbons (Fsp3) is 0.176. The number of nitrogens with one attached hydrogen (secondary N) is 1. The second-order valence-corrected chi connectivity index (χ2v) is 4.63. The Morgan fingerprint density at radius 1 is 1.29 bits per heavy atom. The summed E-state index contributed by atoms with van der Waals surface area (Å²) in [5.74, 6) is 0.652. The summed E-state index contributed by atoms with van der Waals surface area (Å²) in [5, 5.41) is 2.99. The first-order valence-corrected chi connectivity index (χ1v) is 6.84. The van der Waals surface area contributed by atoms with Crippen molar-refractivity contribution in [2.75, 3.05) is 0 Å². The van der Waals surface area contributed by atoms with Crippen molar-refractivity contribution >= 4 is 5.91 Å². The summed E-state index contributed by atoms with van der Waals surface area (Å²) in [6, 6.07) is 9.55. The van der Waals surface area contributed by atoms with Gasteiger partial charge >= 0.3 is 0 Å². The quantitative estimate of drug-likeness (QED) is 0.676. The zero-order valence-electron chi connectivity index (χ0n) is 12.2. The molecule has 1 aromatic heterocycles. The van der Waals surface area contributed by atoms with Crippen molar-refractivity contribution < 1.29 is 4.79 Å². The molecule has 0 saturated carbocycles. The minimum atomic E-state index is -0.269. The van der Waals surface area contributed by atoms with Crippen molar-refractivity contribution in [2.24, 2.45) is 7.05 Å². The SMILES string of the molecule is CC=CC=CC(=O)NC(c1ccccc1)c1nccn1C. The minimum Gasteiger partial charge on any atom is -0.339 e. The van der Waals surface area contributed by atoms with Gasteiger partial charge in [-0.3, -0.25) is 4.79 Å². The lowest BCUT2D eigenvalue weighted by Gasteiger charge is -2.18. The van der Waals surface area contributed by atoms with Crippen molar-refractivity contribution in [3.63, 3.8) is 0 Å². The molecule has 4 nitrogen and oxygen atoms in total. The second-order valence-electron chi connectivity index (χ2n) is 4.63. The van der Waals surface area contributed by atoms with Crippen LogP contribution in [0.2, 0.25) is 0 Å². The number of imidazole rings is 1. The molecule has 1 N–H and O–H groups in total. The summed E-state index contributed by atoms with van der Waals surface area (Å²) in [5.41, 5.74) is 1.000. The Morgan fingerprint density at radius 3 is 2.67 bits per heavy atom. The predicted molar refractivity (Wildman–Crippen MR) is 83.6 cm³/mol. The van der Waals surface area contributed by atoms with Gasteiger partial charge in [0.05, 0.1) is 0 Å². The summed E-state index contributed by atoms with van der Waals surface area (Å²) >= 11 is 0. The van der Waals surface area contributed by atoms with Crippen molar-refractivity contribution in [2.45, 2.75) is 13.0 Å². The first-order valence-electron chi connectivity index (χ1n) is 6.84. The molecule has 0 aliphatic heterocycles. The van der Waals surface area contributed by atoms with Crippen molar-refractivity contribution in [1.29, 1.82) is 0 Å². The van der Waals surface area contributed by atoms with E-state index in [9.17, 15) is 4.79 Å². The van der Waals surface area contributed by atoms with Gasteiger partial charge in [-0.1, -0.05) is 48.6 Å². The summed E-state index contributed by atoms with van der Waals surface area (Å²) < 4.78 is 1.91. The van der Waals surface area contributed by atoms with E-state index in [0.29, 0.717) is 0 Å². The molecule has 0 saturated heterocycles. The largest absolute Gasteiger partial charge is 0.339 e. The van der Waals surface area contributed by atoms with Crippen LogP contribution in [0.3, 0.4) is 0 Å². The van der Waals surface area contributed by atoms with Crippen LogP contribution in [0.15, 0.2) is 67.0 Å². The number of aromatic nitrogens is 2. The van der Waals surface area contributed by atoms with Crippen LogP contribution >= 0.6 is 0 Å². The van der Waals surface area contributed by atoms with Crippen LogP contribution in [0.4, 0.5) is 0 Å². The van der Waals surface area contributed by atoms with Gasteiger partial charge in [-0.15, -0.1) is 0 Å². The van der Waals surface area contributed by atoms with E-state index in [1.165, 1.54) is 6.08 Å². The molecule has 0 spiro atoms. The number of rotatable bonds is 5. The standard InChI is InChI=1S/C17H19N3O/c1-3-4-6-11-15(21)19-16(14-9-7-5-8-10-14)17-18-12-13-20(17)2/h3-13,16H,1-2H3,(H,19,21). The smallest absolute Gasteiger partial charge is 0.244 e. The summed E-state index contributed by atoms with van der Waals surface area (Å²) in [7, 11) is 1.92. The van der Waals surface area contributed by atoms with E-state index in [2.05, 4.69) is 10.3 Å². The van der Waals surface area contributed by atoms with Gasteiger partial charge in [-0.05, 0) is 12.5 Å². The molecule has 0 radical (unpaired) electrons. The van der Waals surface area contributed by atoms with E-state index in [1.54, 1.807) is 12.3 Å². The molecular weight excluding hydrogens is 262 g/mol. The molecule has 0 fully saturated rings. The third-order valence-corrected chi connectivity index (χ3v) is 3.09. The number of allylic oxidation sites excluding steroid dienone is 3. The van der Waals surface area contributed by atoms with Gasteiger partial charge in [0, 0.05) is 25.5 Å². The lowest BCUT2D eigenvalue weighted by atomic mass is 10.1. The molecule has 108 valence electrons. The number of benzene rings is 1. The predicted octanol–water partition coefficient (Wildman–Crippen LogP) is 2.76. The Labute approximate surface area is 124 Å². The highest BCUT2D eigenvalue weighted by Crippen LogP contribution is 2.19. The molecule has 1 unspecified atom stereocenters. The number of hydrogen-bond acceptors (Lipinski definition) is 2. The zero-order chi connectivity index (χ0) is 15.1. The highest BCUT2D eigenvalue weighted by atomic mass is 16.1. The maximum atomic E-state index is 12.0. The van der Waals surface area contributed by atoms with Crippen molar-refractivity contribution in [1.82, 2.24) is 14.9 Å². The third kappa shape index (κ3) is 3.92. The Bertz CT molecular complexity index is 641. The Morgan fingerprint density at radius 2 is 2.05 bits per heavy atom. The maximum Gasteiger partial charge on any atom is 0.244 e. The number of carbonyl (C=O) groups excluding carboxylic acids is 1. The topological polar surface area (TPSA) is 46.9 Å². The fourth-order valence-electron chi connectivity index (χ4n) is 2.04. The van der Waals surface area contributed by atoms with E-state index in [1.807, 2.05) is 67.2 Å².